The van der Waals surface area contributed by atoms with Crippen LogP contribution < -0.4 is 41.1 Å². The van der Waals surface area contributed by atoms with Crippen molar-refractivity contribution in [2.75, 3.05) is 20.8 Å². The molecule has 336 valence electrons. The molecule has 61 heavy (non-hydrogen) atoms. The average Bonchev–Trinajstić information content (AvgIpc) is 3.31. The van der Waals surface area contributed by atoms with Crippen LogP contribution in [-0.4, -0.2) is 41.4 Å². The molecule has 0 N–H and O–H groups in total. The quantitative estimate of drug-likeness (QED) is 0.0371. The molecule has 0 bridgehead atoms. The molecular weight excluding hydrogens is 813 g/mol. The van der Waals surface area contributed by atoms with Crippen molar-refractivity contribution in [3.05, 3.63) is 97.1 Å². The number of hydrogen-bond acceptors (Lipinski definition) is 3. The molecule has 2 unspecified atom stereocenters. The molecule has 7 heteroatoms. The molecule has 0 aliphatic carbocycles. The topological polar surface area (TPSA) is 21.7 Å². The van der Waals surface area contributed by atoms with Crippen molar-refractivity contribution in [1.82, 2.24) is 4.44 Å². The zero-order valence-electron chi connectivity index (χ0n) is 40.2. The van der Waals surface area contributed by atoms with Gasteiger partial charge in [-0.3, -0.25) is 0 Å². The summed E-state index contributed by atoms with van der Waals surface area (Å²) in [6.07, 6.45) is 17.9. The second-order valence-corrected chi connectivity index (χ2v) is 31.5. The fraction of sp³-hybridized carbons (Fsp3) is 0.556. The number of para-hydroxylation sites is 2. The van der Waals surface area contributed by atoms with Gasteiger partial charge in [0.2, 0.25) is 0 Å². The van der Waals surface area contributed by atoms with Gasteiger partial charge in [-0.25, -0.2) is 4.44 Å². The first-order valence-corrected chi connectivity index (χ1v) is 32.5. The first-order valence-electron chi connectivity index (χ1n) is 24.7. The summed E-state index contributed by atoms with van der Waals surface area (Å²) in [6, 6.07) is 46.9. The van der Waals surface area contributed by atoms with Crippen molar-refractivity contribution in [2.24, 2.45) is 0 Å². The van der Waals surface area contributed by atoms with Crippen LogP contribution in [0.4, 0.5) is 0 Å². The minimum absolute atomic E-state index is 1.00. The van der Waals surface area contributed by atoms with Crippen LogP contribution in [0.5, 0.6) is 11.5 Å². The molecule has 0 saturated heterocycles. The molecule has 3 nitrogen and oxygen atoms in total. The molecule has 0 amide bonds. The normalized spacial score (nSPS) is 13.1. The van der Waals surface area contributed by atoms with E-state index in [0.717, 1.165) is 30.9 Å². The van der Waals surface area contributed by atoms with E-state index in [1.54, 1.807) is 10.4 Å². The van der Waals surface area contributed by atoms with Gasteiger partial charge in [0.05, 0.1) is 30.4 Å². The minimum Gasteiger partial charge on any atom is -0.496 e. The van der Waals surface area contributed by atoms with Crippen LogP contribution in [0.15, 0.2) is 97.1 Å². The third kappa shape index (κ3) is 13.9. The van der Waals surface area contributed by atoms with Crippen LogP contribution in [-0.2, 0) is 0 Å². The smallest absolute Gasteiger partial charge is 0.128 e. The molecule has 4 aromatic rings. The van der Waals surface area contributed by atoms with Crippen LogP contribution in [0.1, 0.15) is 138 Å². The fourth-order valence-corrected chi connectivity index (χ4v) is 27.5. The van der Waals surface area contributed by atoms with Crippen LogP contribution in [0.25, 0.3) is 0 Å². The highest BCUT2D eigenvalue weighted by atomic mass is 31.2. The maximum atomic E-state index is 6.36. The highest BCUT2D eigenvalue weighted by Gasteiger charge is 2.39. The third-order valence-corrected chi connectivity index (χ3v) is 29.8. The Morgan fingerprint density at radius 1 is 0.410 bits per heavy atom. The van der Waals surface area contributed by atoms with E-state index in [0.29, 0.717) is 0 Å². The Balaban J connectivity index is 2.11. The van der Waals surface area contributed by atoms with Crippen LogP contribution >= 0.6 is 16.1 Å². The van der Waals surface area contributed by atoms with E-state index in [1.165, 1.54) is 135 Å². The molecule has 0 aliphatic heterocycles. The maximum Gasteiger partial charge on any atom is 0.128 e. The predicted octanol–water partition coefficient (Wildman–Crippen LogP) is 14.3. The Kier molecular flexibility index (Phi) is 23.4. The summed E-state index contributed by atoms with van der Waals surface area (Å²) in [4.78, 5) is 0. The van der Waals surface area contributed by atoms with E-state index < -0.39 is 32.3 Å². The molecule has 4 aromatic carbocycles. The largest absolute Gasteiger partial charge is 0.496 e. The number of rotatable bonds is 31. The van der Waals surface area contributed by atoms with E-state index in [-0.39, 0.29) is 0 Å². The Bertz CT molecular complexity index is 1650. The molecule has 0 radical (unpaired) electrons. The third-order valence-electron chi connectivity index (χ3n) is 13.3. The van der Waals surface area contributed by atoms with Gasteiger partial charge in [-0.1, -0.05) is 251 Å². The van der Waals surface area contributed by atoms with Gasteiger partial charge < -0.3 is 9.47 Å². The van der Waals surface area contributed by atoms with Crippen molar-refractivity contribution in [1.29, 1.82) is 0 Å². The van der Waals surface area contributed by atoms with Crippen molar-refractivity contribution in [3.63, 3.8) is 0 Å². The van der Waals surface area contributed by atoms with Gasteiger partial charge in [-0.05, 0) is 41.3 Å². The lowest BCUT2D eigenvalue weighted by Gasteiger charge is -2.41. The Labute approximate surface area is 379 Å². The number of methoxy groups -OCH3 is 2. The second-order valence-electron chi connectivity index (χ2n) is 17.7. The van der Waals surface area contributed by atoms with E-state index in [4.69, 9.17) is 9.47 Å². The fourth-order valence-electron chi connectivity index (χ4n) is 9.63. The summed E-state index contributed by atoms with van der Waals surface area (Å²) in [7, 11) is -1.83. The lowest BCUT2D eigenvalue weighted by Crippen LogP contribution is -2.49. The second kappa shape index (κ2) is 27.8. The minimum atomic E-state index is -1.78. The average molecular weight is 898 g/mol. The molecule has 0 heterocycles. The maximum absolute atomic E-state index is 6.36. The van der Waals surface area contributed by atoms with Crippen molar-refractivity contribution >= 4 is 63.9 Å². The number of nitrogens with zero attached hydrogens (tertiary/aromatic N) is 1. The van der Waals surface area contributed by atoms with Gasteiger partial charge in [0, 0.05) is 33.3 Å². The molecule has 0 fully saturated rings. The molecule has 0 spiro atoms. The zero-order chi connectivity index (χ0) is 43.9. The molecule has 2 atom stereocenters. The van der Waals surface area contributed by atoms with Gasteiger partial charge >= 0.3 is 0 Å². The molecule has 4 rings (SSSR count). The lowest BCUT2D eigenvalue weighted by atomic mass is 10.3. The van der Waals surface area contributed by atoms with E-state index in [1.807, 2.05) is 14.2 Å². The Morgan fingerprint density at radius 3 is 1.05 bits per heavy atom. The predicted molar refractivity (Wildman–Crippen MR) is 282 cm³/mol. The van der Waals surface area contributed by atoms with Gasteiger partial charge in [0.1, 0.15) is 11.5 Å². The first-order chi connectivity index (χ1) is 29.9. The van der Waals surface area contributed by atoms with E-state index >= 15 is 0 Å². The van der Waals surface area contributed by atoms with Gasteiger partial charge in [0.25, 0.3) is 0 Å². The molecular formula is C54H85NO2P2Si2. The van der Waals surface area contributed by atoms with Gasteiger partial charge in [-0.15, -0.1) is 0 Å². The molecule has 0 saturated carbocycles. The van der Waals surface area contributed by atoms with Crippen molar-refractivity contribution in [2.45, 2.75) is 175 Å². The Morgan fingerprint density at radius 2 is 0.738 bits per heavy atom. The first kappa shape index (κ1) is 51.4. The number of unbranched alkanes of at least 4 members (excludes halogenated alkanes) is 7. The van der Waals surface area contributed by atoms with Crippen LogP contribution in [0, 0.1) is 0 Å². The Hall–Kier alpha value is -2.27. The zero-order valence-corrected chi connectivity index (χ0v) is 44.0. The molecule has 0 aromatic heterocycles. The summed E-state index contributed by atoms with van der Waals surface area (Å²) in [5, 5.41) is 9.00. The highest BCUT2D eigenvalue weighted by molar-refractivity contribution is 7.85. The lowest BCUT2D eigenvalue weighted by molar-refractivity contribution is 0.418. The number of benzene rings is 4. The number of hydrogen-bond donors (Lipinski definition) is 0. The van der Waals surface area contributed by atoms with Crippen LogP contribution in [0.2, 0.25) is 36.3 Å². The summed E-state index contributed by atoms with van der Waals surface area (Å²) in [6.45, 7) is 17.7. The summed E-state index contributed by atoms with van der Waals surface area (Å²) < 4.78 is 15.7. The van der Waals surface area contributed by atoms with Crippen molar-refractivity contribution < 1.29 is 9.47 Å². The monoisotopic (exact) mass is 898 g/mol. The number of ether oxygens (including phenoxy) is 2. The SMILES string of the molecule is CCCCN(P(c1cccc([Si](CCCC)(CCCC)CCCC)c1)c1ccccc1OC)P(c1cccc([Si](CCCC)(CCCC)CCCC)c1)c1ccccc1OC. The highest BCUT2D eigenvalue weighted by Crippen LogP contribution is 2.56. The summed E-state index contributed by atoms with van der Waals surface area (Å²) in [5.41, 5.74) is 0. The van der Waals surface area contributed by atoms with Crippen LogP contribution in [0.3, 0.4) is 0 Å². The standard InChI is InChI=1S/C54H85NO2P2Si2/c1-10-17-38-55(58(53-36-26-24-34-51(53)56-8)47-30-28-32-49(45-47)60(39-18-11-2,40-19-12-3)41-20-13-4)59(54-37-27-25-35-52(54)57-9)48-31-29-33-50(46-48)61(42-21-14-5,43-22-15-6)44-23-16-7/h24-37,45-46H,10-23,38-44H2,1-9H3. The summed E-state index contributed by atoms with van der Waals surface area (Å²) in [5.74, 6) is 2.00. The summed E-state index contributed by atoms with van der Waals surface area (Å²) >= 11 is 0. The van der Waals surface area contributed by atoms with Gasteiger partial charge in [-0.2, -0.15) is 0 Å². The van der Waals surface area contributed by atoms with E-state index in [2.05, 4.69) is 150 Å². The van der Waals surface area contributed by atoms with E-state index in [9.17, 15) is 0 Å². The van der Waals surface area contributed by atoms with Crippen molar-refractivity contribution in [3.8, 4) is 11.5 Å². The molecule has 0 aliphatic rings. The van der Waals surface area contributed by atoms with Gasteiger partial charge in [0.15, 0.2) is 0 Å².